The third-order valence-electron chi connectivity index (χ3n) is 6.80. The lowest BCUT2D eigenvalue weighted by Gasteiger charge is -2.18. The Kier molecular flexibility index (Phi) is 2.71. The van der Waals surface area contributed by atoms with Crippen molar-refractivity contribution >= 4 is 32.6 Å². The van der Waals surface area contributed by atoms with Crippen LogP contribution in [0.15, 0.2) is 157 Å². The molecule has 8 rings (SSSR count). The molecule has 0 saturated carbocycles. The molecule has 0 bridgehead atoms. The average Bonchev–Trinajstić information content (AvgIpc) is 3.61. The largest absolute Gasteiger partial charge is 0.292 e. The molecule has 8 aromatic rings. The maximum atomic E-state index is 9.26. The van der Waals surface area contributed by atoms with Crippen LogP contribution < -0.4 is 0 Å². The molecule has 0 aliphatic heterocycles. The summed E-state index contributed by atoms with van der Waals surface area (Å²) >= 11 is 0. The molecule has 7 aromatic carbocycles. The standard InChI is InChI=1S/C39H26N2/c1-3-14-27(15-4-1)37-31-20-7-9-22-33(31)38(34-23-10-8-21-32(34)37)29-18-13-19-30(26-29)41-36-25-12-11-24-35(36)40-39(41)28-16-5-2-6-17-28/h1-26H/i1D,2D,3D,4D,5D,6D,7D,8D,9D,10D,14D,15D,16D,17D,20D,21D,22D,23D. The highest BCUT2D eigenvalue weighted by atomic mass is 15.1. The van der Waals surface area contributed by atoms with Crippen molar-refractivity contribution in [3.8, 4) is 39.3 Å². The average molecular weight is 541 g/mol. The van der Waals surface area contributed by atoms with Crippen molar-refractivity contribution in [3.05, 3.63) is 157 Å². The molecule has 0 unspecified atom stereocenters. The van der Waals surface area contributed by atoms with Crippen molar-refractivity contribution < 1.29 is 24.7 Å². The number of aromatic nitrogens is 2. The first-order chi connectivity index (χ1) is 27.8. The van der Waals surface area contributed by atoms with E-state index >= 15 is 0 Å². The molecule has 0 N–H and O–H groups in total. The quantitative estimate of drug-likeness (QED) is 0.203. The zero-order valence-corrected chi connectivity index (χ0v) is 21.0. The summed E-state index contributed by atoms with van der Waals surface area (Å²) in [5.74, 6) is -0.0320. The van der Waals surface area contributed by atoms with Crippen molar-refractivity contribution in [1.29, 1.82) is 0 Å². The van der Waals surface area contributed by atoms with Gasteiger partial charge in [-0.2, -0.15) is 0 Å². The van der Waals surface area contributed by atoms with Gasteiger partial charge in [-0.3, -0.25) is 4.57 Å². The molecule has 0 fully saturated rings. The monoisotopic (exact) mass is 540 g/mol. The summed E-state index contributed by atoms with van der Waals surface area (Å²) in [6, 6.07) is 0.795. The van der Waals surface area contributed by atoms with Gasteiger partial charge in [0, 0.05) is 11.3 Å². The Morgan fingerprint density at radius 2 is 1.02 bits per heavy atom. The van der Waals surface area contributed by atoms with Crippen LogP contribution in [0.5, 0.6) is 0 Å². The fraction of sp³-hybridized carbons (Fsp3) is 0. The molecule has 1 aromatic heterocycles. The van der Waals surface area contributed by atoms with E-state index < -0.39 is 120 Å². The molecule has 2 nitrogen and oxygen atoms in total. The zero-order chi connectivity index (χ0) is 42.8. The minimum absolute atomic E-state index is 0.0320. The van der Waals surface area contributed by atoms with E-state index in [2.05, 4.69) is 4.98 Å². The molecule has 0 saturated heterocycles. The summed E-state index contributed by atoms with van der Waals surface area (Å²) in [5.41, 5.74) is 0.00829. The first-order valence-corrected chi connectivity index (χ1v) is 12.5. The van der Waals surface area contributed by atoms with Gasteiger partial charge in [0.2, 0.25) is 0 Å². The van der Waals surface area contributed by atoms with Crippen molar-refractivity contribution in [2.24, 2.45) is 0 Å². The predicted molar refractivity (Wildman–Crippen MR) is 172 cm³/mol. The van der Waals surface area contributed by atoms with Gasteiger partial charge in [-0.1, -0.05) is 133 Å². The summed E-state index contributed by atoms with van der Waals surface area (Å²) in [6.45, 7) is 0. The maximum absolute atomic E-state index is 9.26. The van der Waals surface area contributed by atoms with E-state index in [-0.39, 0.29) is 49.7 Å². The molecule has 0 aliphatic rings. The lowest BCUT2D eigenvalue weighted by Crippen LogP contribution is -1.98. The lowest BCUT2D eigenvalue weighted by atomic mass is 9.86. The molecular weight excluding hydrogens is 496 g/mol. The number of rotatable bonds is 4. The highest BCUT2D eigenvalue weighted by molar-refractivity contribution is 6.21. The van der Waals surface area contributed by atoms with E-state index in [9.17, 15) is 5.48 Å². The fourth-order valence-electron chi connectivity index (χ4n) is 5.16. The topological polar surface area (TPSA) is 17.8 Å². The number of imidazole rings is 1. The summed E-state index contributed by atoms with van der Waals surface area (Å²) < 4.78 is 158. The van der Waals surface area contributed by atoms with Crippen molar-refractivity contribution in [3.63, 3.8) is 0 Å². The number of hydrogen-bond acceptors (Lipinski definition) is 1. The van der Waals surface area contributed by atoms with E-state index in [1.165, 1.54) is 12.1 Å². The number of para-hydroxylation sites is 2. The van der Waals surface area contributed by atoms with Gasteiger partial charge in [-0.15, -0.1) is 0 Å². The number of hydrogen-bond donors (Lipinski definition) is 0. The normalized spacial score (nSPS) is 17.6. The van der Waals surface area contributed by atoms with Crippen LogP contribution in [-0.4, -0.2) is 9.55 Å². The SMILES string of the molecule is [2H]c1c([2H])c([2H])c(-c2c3c([2H])c([2H])c([2H])c([2H])c3c(-c3cccc(-n4c(-c5c([2H])c([2H])c([2H])c([2H])c5[2H])nc5ccccc54)c3)c3c([2H])c([2H])c([2H])c([2H])c23)c([2H])c1[2H]. The van der Waals surface area contributed by atoms with Gasteiger partial charge in [-0.05, 0) is 68.1 Å². The summed E-state index contributed by atoms with van der Waals surface area (Å²) in [4.78, 5) is 4.69. The van der Waals surface area contributed by atoms with Crippen molar-refractivity contribution in [2.45, 2.75) is 0 Å². The smallest absolute Gasteiger partial charge is 0.145 e. The highest BCUT2D eigenvalue weighted by Crippen LogP contribution is 2.44. The van der Waals surface area contributed by atoms with Crippen LogP contribution in [0.1, 0.15) is 24.7 Å². The van der Waals surface area contributed by atoms with E-state index in [4.69, 9.17) is 19.2 Å². The Balaban J connectivity index is 1.60. The fourth-order valence-corrected chi connectivity index (χ4v) is 5.16. The molecule has 0 atom stereocenters. The highest BCUT2D eigenvalue weighted by Gasteiger charge is 2.18. The number of fused-ring (bicyclic) bond motifs is 3. The Bertz CT molecular complexity index is 3070. The second kappa shape index (κ2) is 9.62. The second-order valence-electron chi connectivity index (χ2n) is 9.06. The molecule has 0 aliphatic carbocycles. The summed E-state index contributed by atoms with van der Waals surface area (Å²) in [7, 11) is 0. The molecule has 0 amide bonds. The molecule has 2 heteroatoms. The van der Waals surface area contributed by atoms with E-state index in [0.717, 1.165) is 0 Å². The molecule has 41 heavy (non-hydrogen) atoms. The Hall–Kier alpha value is -5.47. The van der Waals surface area contributed by atoms with Crippen molar-refractivity contribution in [1.82, 2.24) is 9.55 Å². The summed E-state index contributed by atoms with van der Waals surface area (Å²) in [5, 5.41) is -1.26. The summed E-state index contributed by atoms with van der Waals surface area (Å²) in [6.07, 6.45) is 0. The van der Waals surface area contributed by atoms with Gasteiger partial charge in [-0.25, -0.2) is 4.98 Å². The second-order valence-corrected chi connectivity index (χ2v) is 9.06. The first-order valence-electron chi connectivity index (χ1n) is 21.5. The van der Waals surface area contributed by atoms with Crippen LogP contribution in [-0.2, 0) is 0 Å². The van der Waals surface area contributed by atoms with Crippen molar-refractivity contribution in [2.75, 3.05) is 0 Å². The number of nitrogens with zero attached hydrogens (tertiary/aromatic N) is 2. The third-order valence-corrected chi connectivity index (χ3v) is 6.80. The third kappa shape index (κ3) is 3.84. The predicted octanol–water partition coefficient (Wildman–Crippen LogP) is 10.3. The van der Waals surface area contributed by atoms with Gasteiger partial charge in [0.1, 0.15) is 5.82 Å². The molecule has 192 valence electrons. The van der Waals surface area contributed by atoms with E-state index in [1.807, 2.05) is 0 Å². The Morgan fingerprint density at radius 3 is 1.66 bits per heavy atom. The van der Waals surface area contributed by atoms with E-state index in [0.29, 0.717) is 11.0 Å². The van der Waals surface area contributed by atoms with Gasteiger partial charge in [0.25, 0.3) is 0 Å². The Morgan fingerprint density at radius 1 is 0.488 bits per heavy atom. The molecule has 0 radical (unpaired) electrons. The minimum atomic E-state index is -0.775. The minimum Gasteiger partial charge on any atom is -0.292 e. The Labute approximate surface area is 264 Å². The van der Waals surface area contributed by atoms with Gasteiger partial charge in [0.05, 0.1) is 35.7 Å². The molecule has 0 spiro atoms. The van der Waals surface area contributed by atoms with Gasteiger partial charge in [0.15, 0.2) is 0 Å². The molecule has 1 heterocycles. The lowest BCUT2D eigenvalue weighted by molar-refractivity contribution is 1.10. The molecular formula is C39H26N2. The van der Waals surface area contributed by atoms with Crippen LogP contribution in [0, 0.1) is 0 Å². The van der Waals surface area contributed by atoms with Crippen LogP contribution in [0.2, 0.25) is 0 Å². The van der Waals surface area contributed by atoms with E-state index in [1.54, 1.807) is 41.0 Å². The number of benzene rings is 7. The zero-order valence-electron chi connectivity index (χ0n) is 39.0. The maximum Gasteiger partial charge on any atom is 0.145 e. The first kappa shape index (κ1) is 11.6. The van der Waals surface area contributed by atoms with Crippen LogP contribution in [0.3, 0.4) is 0 Å². The van der Waals surface area contributed by atoms with Crippen LogP contribution in [0.25, 0.3) is 71.9 Å². The van der Waals surface area contributed by atoms with Crippen LogP contribution >= 0.6 is 0 Å². The van der Waals surface area contributed by atoms with Gasteiger partial charge < -0.3 is 0 Å². The van der Waals surface area contributed by atoms with Gasteiger partial charge >= 0.3 is 0 Å². The van der Waals surface area contributed by atoms with Crippen LogP contribution in [0.4, 0.5) is 0 Å².